The highest BCUT2D eigenvalue weighted by Crippen LogP contribution is 2.17. The highest BCUT2D eigenvalue weighted by atomic mass is 16.5. The normalized spacial score (nSPS) is 25.4. The van der Waals surface area contributed by atoms with Crippen LogP contribution in [0.25, 0.3) is 0 Å². The van der Waals surface area contributed by atoms with E-state index in [2.05, 4.69) is 18.7 Å². The molecule has 1 aliphatic heterocycles. The quantitative estimate of drug-likeness (QED) is 0.730. The van der Waals surface area contributed by atoms with Crippen molar-refractivity contribution in [1.82, 2.24) is 4.90 Å². The predicted octanol–water partition coefficient (Wildman–Crippen LogP) is 1.61. The molecule has 1 aliphatic rings. The van der Waals surface area contributed by atoms with Gasteiger partial charge in [0.05, 0.1) is 13.2 Å². The molecule has 0 aliphatic carbocycles. The molecule has 2 unspecified atom stereocenters. The molecule has 3 nitrogen and oxygen atoms in total. The van der Waals surface area contributed by atoms with Gasteiger partial charge < -0.3 is 10.5 Å². The molecule has 2 N–H and O–H groups in total. The molecular weight excluding hydrogens is 188 g/mol. The van der Waals surface area contributed by atoms with Gasteiger partial charge in [-0.05, 0) is 12.8 Å². The van der Waals surface area contributed by atoms with Crippen LogP contribution < -0.4 is 5.73 Å². The van der Waals surface area contributed by atoms with Crippen LogP contribution in [0.4, 0.5) is 0 Å². The van der Waals surface area contributed by atoms with Gasteiger partial charge in [-0.25, -0.2) is 0 Å². The zero-order valence-electron chi connectivity index (χ0n) is 10.2. The third-order valence-electron chi connectivity index (χ3n) is 3.38. The van der Waals surface area contributed by atoms with Crippen LogP contribution in [0.5, 0.6) is 0 Å². The molecule has 2 atom stereocenters. The fourth-order valence-corrected chi connectivity index (χ4v) is 2.36. The lowest BCUT2D eigenvalue weighted by Gasteiger charge is -2.40. The Morgan fingerprint density at radius 2 is 2.27 bits per heavy atom. The zero-order chi connectivity index (χ0) is 11.1. The molecule has 1 fully saturated rings. The minimum atomic E-state index is 0.568. The smallest absolute Gasteiger partial charge is 0.0622 e. The fourth-order valence-electron chi connectivity index (χ4n) is 2.36. The Morgan fingerprint density at radius 1 is 1.47 bits per heavy atom. The summed E-state index contributed by atoms with van der Waals surface area (Å²) >= 11 is 0. The largest absolute Gasteiger partial charge is 0.378 e. The molecule has 1 saturated heterocycles. The topological polar surface area (TPSA) is 38.5 Å². The number of rotatable bonds is 6. The highest BCUT2D eigenvalue weighted by Gasteiger charge is 2.26. The van der Waals surface area contributed by atoms with Gasteiger partial charge in [0.1, 0.15) is 0 Å². The van der Waals surface area contributed by atoms with E-state index in [0.29, 0.717) is 12.1 Å². The van der Waals surface area contributed by atoms with Crippen molar-refractivity contribution in [2.24, 2.45) is 5.73 Å². The molecule has 0 bridgehead atoms. The second-order valence-corrected chi connectivity index (χ2v) is 4.41. The number of unbranched alkanes of at least 4 members (excludes halogenated alkanes) is 1. The van der Waals surface area contributed by atoms with E-state index < -0.39 is 0 Å². The van der Waals surface area contributed by atoms with Crippen molar-refractivity contribution in [2.75, 3.05) is 26.3 Å². The molecule has 0 aromatic carbocycles. The number of nitrogens with zero attached hydrogens (tertiary/aromatic N) is 1. The van der Waals surface area contributed by atoms with E-state index in [1.54, 1.807) is 0 Å². The first-order valence-electron chi connectivity index (χ1n) is 6.37. The summed E-state index contributed by atoms with van der Waals surface area (Å²) in [5.74, 6) is 0. The van der Waals surface area contributed by atoms with Gasteiger partial charge in [-0.15, -0.1) is 0 Å². The third kappa shape index (κ3) is 3.74. The van der Waals surface area contributed by atoms with Crippen LogP contribution >= 0.6 is 0 Å². The summed E-state index contributed by atoms with van der Waals surface area (Å²) in [6.07, 6.45) is 4.96. The van der Waals surface area contributed by atoms with Crippen LogP contribution in [-0.4, -0.2) is 43.3 Å². The molecule has 0 spiro atoms. The molecule has 0 radical (unpaired) electrons. The van der Waals surface area contributed by atoms with Crippen molar-refractivity contribution in [2.45, 2.75) is 51.6 Å². The number of nitrogens with two attached hydrogens (primary N) is 1. The number of hydrogen-bond donors (Lipinski definition) is 1. The summed E-state index contributed by atoms with van der Waals surface area (Å²) in [7, 11) is 0. The summed E-state index contributed by atoms with van der Waals surface area (Å²) in [5.41, 5.74) is 5.88. The van der Waals surface area contributed by atoms with E-state index in [9.17, 15) is 0 Å². The maximum atomic E-state index is 5.88. The summed E-state index contributed by atoms with van der Waals surface area (Å²) < 4.78 is 5.52. The van der Waals surface area contributed by atoms with Gasteiger partial charge in [0, 0.05) is 25.2 Å². The molecular formula is C12H26N2O. The first-order valence-corrected chi connectivity index (χ1v) is 6.37. The third-order valence-corrected chi connectivity index (χ3v) is 3.38. The van der Waals surface area contributed by atoms with Crippen molar-refractivity contribution in [3.05, 3.63) is 0 Å². The monoisotopic (exact) mass is 214 g/mol. The van der Waals surface area contributed by atoms with E-state index in [4.69, 9.17) is 10.5 Å². The van der Waals surface area contributed by atoms with E-state index in [-0.39, 0.29) is 0 Å². The van der Waals surface area contributed by atoms with Gasteiger partial charge in [-0.2, -0.15) is 0 Å². The van der Waals surface area contributed by atoms with E-state index in [0.717, 1.165) is 26.3 Å². The second kappa shape index (κ2) is 7.20. The van der Waals surface area contributed by atoms with Crippen LogP contribution in [0.15, 0.2) is 0 Å². The maximum Gasteiger partial charge on any atom is 0.0622 e. The molecule has 90 valence electrons. The molecule has 0 aromatic heterocycles. The summed E-state index contributed by atoms with van der Waals surface area (Å²) in [5, 5.41) is 0. The predicted molar refractivity (Wildman–Crippen MR) is 64.0 cm³/mol. The van der Waals surface area contributed by atoms with E-state index >= 15 is 0 Å². The fraction of sp³-hybridized carbons (Fsp3) is 1.00. The van der Waals surface area contributed by atoms with E-state index in [1.807, 2.05) is 0 Å². The molecule has 0 aromatic rings. The molecule has 15 heavy (non-hydrogen) atoms. The van der Waals surface area contributed by atoms with Gasteiger partial charge in [0.15, 0.2) is 0 Å². The Morgan fingerprint density at radius 3 is 2.87 bits per heavy atom. The second-order valence-electron chi connectivity index (χ2n) is 4.41. The van der Waals surface area contributed by atoms with Crippen molar-refractivity contribution >= 4 is 0 Å². The Balaban J connectivity index is 2.47. The number of ether oxygens (including phenoxy) is 1. The van der Waals surface area contributed by atoms with Crippen LogP contribution in [0.3, 0.4) is 0 Å². The first kappa shape index (κ1) is 12.9. The van der Waals surface area contributed by atoms with Crippen molar-refractivity contribution in [3.8, 4) is 0 Å². The summed E-state index contributed by atoms with van der Waals surface area (Å²) in [4.78, 5) is 2.57. The summed E-state index contributed by atoms with van der Waals surface area (Å²) in [6, 6.07) is 1.16. The van der Waals surface area contributed by atoms with E-state index in [1.165, 1.54) is 25.7 Å². The lowest BCUT2D eigenvalue weighted by molar-refractivity contribution is -0.0301. The van der Waals surface area contributed by atoms with Crippen molar-refractivity contribution in [3.63, 3.8) is 0 Å². The molecule has 3 heteroatoms. The Labute approximate surface area is 94.0 Å². The summed E-state index contributed by atoms with van der Waals surface area (Å²) in [6.45, 7) is 8.09. The van der Waals surface area contributed by atoms with Crippen molar-refractivity contribution in [1.29, 1.82) is 0 Å². The number of morpholine rings is 1. The molecule has 1 rings (SSSR count). The minimum Gasteiger partial charge on any atom is -0.378 e. The van der Waals surface area contributed by atoms with Crippen LogP contribution in [0.2, 0.25) is 0 Å². The Kier molecular flexibility index (Phi) is 6.22. The van der Waals surface area contributed by atoms with Gasteiger partial charge in [0.2, 0.25) is 0 Å². The van der Waals surface area contributed by atoms with Gasteiger partial charge in [0.25, 0.3) is 0 Å². The Bertz CT molecular complexity index is 164. The molecule has 0 amide bonds. The molecule has 0 saturated carbocycles. The highest BCUT2D eigenvalue weighted by molar-refractivity contribution is 4.81. The van der Waals surface area contributed by atoms with Gasteiger partial charge >= 0.3 is 0 Å². The molecule has 1 heterocycles. The van der Waals surface area contributed by atoms with Gasteiger partial charge in [-0.1, -0.05) is 26.7 Å². The zero-order valence-corrected chi connectivity index (χ0v) is 10.2. The average Bonchev–Trinajstić information content (AvgIpc) is 2.30. The SMILES string of the molecule is CCCCC(CN)N1CCOCC1CC. The van der Waals surface area contributed by atoms with Crippen LogP contribution in [-0.2, 0) is 4.74 Å². The Hall–Kier alpha value is -0.120. The van der Waals surface area contributed by atoms with Crippen LogP contribution in [0.1, 0.15) is 39.5 Å². The maximum absolute atomic E-state index is 5.88. The standard InChI is InChI=1S/C12H26N2O/c1-3-5-6-12(9-13)14-7-8-15-10-11(14)4-2/h11-12H,3-10,13H2,1-2H3. The average molecular weight is 214 g/mol. The lowest BCUT2D eigenvalue weighted by atomic mass is 10.0. The van der Waals surface area contributed by atoms with Crippen LogP contribution in [0, 0.1) is 0 Å². The van der Waals surface area contributed by atoms with Crippen molar-refractivity contribution < 1.29 is 4.74 Å². The lowest BCUT2D eigenvalue weighted by Crippen LogP contribution is -2.52. The minimum absolute atomic E-state index is 0.568. The number of hydrogen-bond acceptors (Lipinski definition) is 3. The van der Waals surface area contributed by atoms with Gasteiger partial charge in [-0.3, -0.25) is 4.90 Å². The first-order chi connectivity index (χ1) is 7.33.